The number of anilines is 1. The molecule has 3 aromatic carbocycles. The topological polar surface area (TPSA) is 105 Å². The summed E-state index contributed by atoms with van der Waals surface area (Å²) in [5.41, 5.74) is 2.25. The number of sulfonamides is 1. The van der Waals surface area contributed by atoms with E-state index in [1.165, 1.54) is 4.31 Å². The molecule has 0 saturated heterocycles. The predicted molar refractivity (Wildman–Crippen MR) is 171 cm³/mol. The Bertz CT molecular complexity index is 1500. The summed E-state index contributed by atoms with van der Waals surface area (Å²) in [7, 11) is -3.65. The first kappa shape index (κ1) is 32.3. The van der Waals surface area contributed by atoms with Crippen LogP contribution in [0, 0.1) is 0 Å². The second-order valence-corrected chi connectivity index (χ2v) is 13.5. The standard InChI is InChI=1S/C32H38BrN3O6S/c1-4-23(2)34-32(38)28(19-24-9-6-5-7-10-24)35(21-25-12-14-26(33)15-13-25)31(37)11-8-18-36(43(3,39)40)27-16-17-29-30(20-27)42-22-41-29/h5-7,9-10,12-17,20,23,28H,4,8,11,18-19,21-22H2,1-3H3,(H,34,38)/t23-,28+/m0/s1. The molecule has 0 saturated carbocycles. The molecule has 0 aliphatic carbocycles. The van der Waals surface area contributed by atoms with E-state index in [0.29, 0.717) is 23.6 Å². The first-order valence-corrected chi connectivity index (χ1v) is 16.9. The zero-order valence-electron chi connectivity index (χ0n) is 24.7. The number of hydrogen-bond acceptors (Lipinski definition) is 6. The van der Waals surface area contributed by atoms with E-state index in [0.717, 1.165) is 28.3 Å². The predicted octanol–water partition coefficient (Wildman–Crippen LogP) is 5.28. The summed E-state index contributed by atoms with van der Waals surface area (Å²) >= 11 is 3.46. The molecule has 1 aliphatic heterocycles. The van der Waals surface area contributed by atoms with Gasteiger partial charge in [-0.25, -0.2) is 8.42 Å². The average molecular weight is 673 g/mol. The van der Waals surface area contributed by atoms with E-state index in [9.17, 15) is 18.0 Å². The Balaban J connectivity index is 1.58. The Hall–Kier alpha value is -3.57. The number of hydrogen-bond donors (Lipinski definition) is 1. The van der Waals surface area contributed by atoms with Gasteiger partial charge in [-0.3, -0.25) is 13.9 Å². The Kier molecular flexibility index (Phi) is 11.1. The van der Waals surface area contributed by atoms with Crippen molar-refractivity contribution in [1.29, 1.82) is 0 Å². The average Bonchev–Trinajstić information content (AvgIpc) is 3.46. The maximum atomic E-state index is 14.0. The van der Waals surface area contributed by atoms with Crippen LogP contribution in [-0.4, -0.2) is 56.8 Å². The Morgan fingerprint density at radius 1 is 0.977 bits per heavy atom. The Morgan fingerprint density at radius 3 is 2.35 bits per heavy atom. The highest BCUT2D eigenvalue weighted by Crippen LogP contribution is 2.36. The van der Waals surface area contributed by atoms with Crippen LogP contribution < -0.4 is 19.1 Å². The van der Waals surface area contributed by atoms with Crippen molar-refractivity contribution in [2.45, 2.75) is 58.2 Å². The summed E-state index contributed by atoms with van der Waals surface area (Å²) < 4.78 is 38.4. The molecule has 2 amide bonds. The van der Waals surface area contributed by atoms with E-state index in [1.54, 1.807) is 23.1 Å². The smallest absolute Gasteiger partial charge is 0.243 e. The molecule has 230 valence electrons. The van der Waals surface area contributed by atoms with Crippen LogP contribution in [0.4, 0.5) is 5.69 Å². The minimum atomic E-state index is -3.65. The fourth-order valence-corrected chi connectivity index (χ4v) is 6.05. The third kappa shape index (κ3) is 8.96. The van der Waals surface area contributed by atoms with Gasteiger partial charge in [0, 0.05) is 42.5 Å². The normalized spacial score (nSPS) is 13.7. The molecule has 9 nitrogen and oxygen atoms in total. The molecule has 0 radical (unpaired) electrons. The molecule has 1 N–H and O–H groups in total. The number of ether oxygens (including phenoxy) is 2. The van der Waals surface area contributed by atoms with Gasteiger partial charge in [-0.05, 0) is 55.2 Å². The summed E-state index contributed by atoms with van der Waals surface area (Å²) in [6, 6.07) is 21.4. The molecule has 43 heavy (non-hydrogen) atoms. The zero-order chi connectivity index (χ0) is 31.0. The molecule has 0 fully saturated rings. The molecule has 3 aromatic rings. The first-order valence-electron chi connectivity index (χ1n) is 14.3. The van der Waals surface area contributed by atoms with Gasteiger partial charge in [-0.2, -0.15) is 0 Å². The number of rotatable bonds is 14. The van der Waals surface area contributed by atoms with Crippen LogP contribution in [0.3, 0.4) is 0 Å². The van der Waals surface area contributed by atoms with Crippen molar-refractivity contribution >= 4 is 43.5 Å². The maximum Gasteiger partial charge on any atom is 0.243 e. The Labute approximate surface area is 262 Å². The van der Waals surface area contributed by atoms with Crippen LogP contribution in [0.25, 0.3) is 0 Å². The largest absolute Gasteiger partial charge is 0.454 e. The molecule has 2 atom stereocenters. The number of benzene rings is 3. The van der Waals surface area contributed by atoms with Crippen LogP contribution in [0.15, 0.2) is 77.3 Å². The van der Waals surface area contributed by atoms with E-state index in [2.05, 4.69) is 21.2 Å². The van der Waals surface area contributed by atoms with E-state index in [4.69, 9.17) is 9.47 Å². The van der Waals surface area contributed by atoms with Gasteiger partial charge in [0.25, 0.3) is 0 Å². The summed E-state index contributed by atoms with van der Waals surface area (Å²) in [5, 5.41) is 3.07. The SMILES string of the molecule is CC[C@H](C)NC(=O)[C@@H](Cc1ccccc1)N(Cc1ccc(Br)cc1)C(=O)CCCN(c1ccc2c(c1)OCO2)S(C)(=O)=O. The second kappa shape index (κ2) is 14.7. The molecule has 1 aliphatic rings. The first-order chi connectivity index (χ1) is 20.5. The number of amides is 2. The highest BCUT2D eigenvalue weighted by Gasteiger charge is 2.31. The van der Waals surface area contributed by atoms with Gasteiger partial charge in [0.2, 0.25) is 28.6 Å². The summed E-state index contributed by atoms with van der Waals surface area (Å²) in [5.74, 6) is 0.569. The van der Waals surface area contributed by atoms with Crippen molar-refractivity contribution in [1.82, 2.24) is 10.2 Å². The fourth-order valence-electron chi connectivity index (χ4n) is 4.83. The summed E-state index contributed by atoms with van der Waals surface area (Å²) in [4.78, 5) is 29.3. The lowest BCUT2D eigenvalue weighted by Crippen LogP contribution is -2.52. The summed E-state index contributed by atoms with van der Waals surface area (Å²) in [6.07, 6.45) is 2.54. The zero-order valence-corrected chi connectivity index (χ0v) is 27.1. The van der Waals surface area contributed by atoms with Gasteiger partial charge >= 0.3 is 0 Å². The van der Waals surface area contributed by atoms with Crippen LogP contribution >= 0.6 is 15.9 Å². The monoisotopic (exact) mass is 671 g/mol. The van der Waals surface area contributed by atoms with E-state index < -0.39 is 16.1 Å². The number of nitrogens with one attached hydrogen (secondary N) is 1. The lowest BCUT2D eigenvalue weighted by atomic mass is 10.0. The van der Waals surface area contributed by atoms with Gasteiger partial charge in [-0.1, -0.05) is 65.3 Å². The third-order valence-electron chi connectivity index (χ3n) is 7.33. The minimum absolute atomic E-state index is 0.0506. The lowest BCUT2D eigenvalue weighted by Gasteiger charge is -2.32. The highest BCUT2D eigenvalue weighted by atomic mass is 79.9. The Morgan fingerprint density at radius 2 is 1.67 bits per heavy atom. The number of carbonyl (C=O) groups excluding carboxylic acids is 2. The lowest BCUT2D eigenvalue weighted by molar-refractivity contribution is -0.141. The second-order valence-electron chi connectivity index (χ2n) is 10.6. The van der Waals surface area contributed by atoms with Gasteiger partial charge < -0.3 is 19.7 Å². The number of fused-ring (bicyclic) bond motifs is 1. The van der Waals surface area contributed by atoms with Crippen LogP contribution in [0.1, 0.15) is 44.2 Å². The molecular weight excluding hydrogens is 634 g/mol. The molecule has 4 rings (SSSR count). The third-order valence-corrected chi connectivity index (χ3v) is 9.06. The molecule has 0 bridgehead atoms. The molecule has 0 unspecified atom stereocenters. The van der Waals surface area contributed by atoms with E-state index in [1.807, 2.05) is 68.4 Å². The van der Waals surface area contributed by atoms with Crippen LogP contribution in [0.5, 0.6) is 11.5 Å². The van der Waals surface area contributed by atoms with Crippen molar-refractivity contribution in [3.05, 3.63) is 88.4 Å². The van der Waals surface area contributed by atoms with Crippen molar-refractivity contribution in [2.75, 3.05) is 23.9 Å². The fraction of sp³-hybridized carbons (Fsp3) is 0.375. The van der Waals surface area contributed by atoms with E-state index in [-0.39, 0.29) is 50.6 Å². The van der Waals surface area contributed by atoms with Crippen molar-refractivity contribution in [3.63, 3.8) is 0 Å². The van der Waals surface area contributed by atoms with Gasteiger partial charge in [0.05, 0.1) is 11.9 Å². The molecule has 0 aromatic heterocycles. The van der Waals surface area contributed by atoms with Gasteiger partial charge in [-0.15, -0.1) is 0 Å². The number of carbonyl (C=O) groups is 2. The summed E-state index contributed by atoms with van der Waals surface area (Å²) in [6.45, 7) is 4.33. The van der Waals surface area contributed by atoms with Gasteiger partial charge in [0.1, 0.15) is 6.04 Å². The quantitative estimate of drug-likeness (QED) is 0.250. The number of nitrogens with zero attached hydrogens (tertiary/aromatic N) is 2. The number of halogens is 1. The molecular formula is C32H38BrN3O6S. The van der Waals surface area contributed by atoms with E-state index >= 15 is 0 Å². The maximum absolute atomic E-state index is 14.0. The minimum Gasteiger partial charge on any atom is -0.454 e. The molecule has 1 heterocycles. The van der Waals surface area contributed by atoms with Crippen molar-refractivity contribution in [2.24, 2.45) is 0 Å². The van der Waals surface area contributed by atoms with Crippen molar-refractivity contribution < 1.29 is 27.5 Å². The van der Waals surface area contributed by atoms with Crippen LogP contribution in [0.2, 0.25) is 0 Å². The molecule has 0 spiro atoms. The van der Waals surface area contributed by atoms with Crippen LogP contribution in [-0.2, 0) is 32.6 Å². The highest BCUT2D eigenvalue weighted by molar-refractivity contribution is 9.10. The van der Waals surface area contributed by atoms with Crippen molar-refractivity contribution in [3.8, 4) is 11.5 Å². The van der Waals surface area contributed by atoms with Gasteiger partial charge in [0.15, 0.2) is 11.5 Å². The molecule has 11 heteroatoms.